The molecule has 0 atom stereocenters. The first-order chi connectivity index (χ1) is 13.8. The average Bonchev–Trinajstić information content (AvgIpc) is 3.01. The van der Waals surface area contributed by atoms with Gasteiger partial charge >= 0.3 is 0 Å². The molecule has 0 aliphatic heterocycles. The van der Waals surface area contributed by atoms with Crippen LogP contribution < -0.4 is 15.8 Å². The number of aryl methyl sites for hydroxylation is 1. The van der Waals surface area contributed by atoms with Crippen molar-refractivity contribution in [3.05, 3.63) is 35.3 Å². The fourth-order valence-corrected chi connectivity index (χ4v) is 3.61. The van der Waals surface area contributed by atoms with Crippen LogP contribution in [-0.4, -0.2) is 33.2 Å². The third-order valence-corrected chi connectivity index (χ3v) is 4.92. The molecule has 4 rings (SSSR count). The van der Waals surface area contributed by atoms with E-state index in [0.29, 0.717) is 45.1 Å². The highest BCUT2D eigenvalue weighted by Gasteiger charge is 2.37. The minimum absolute atomic E-state index is 0.107. The molecular formula is C20H22F2N6O. The van der Waals surface area contributed by atoms with Crippen molar-refractivity contribution in [3.63, 3.8) is 0 Å². The van der Waals surface area contributed by atoms with E-state index in [2.05, 4.69) is 20.3 Å². The average molecular weight is 400 g/mol. The molecule has 29 heavy (non-hydrogen) atoms. The highest BCUT2D eigenvalue weighted by Crippen LogP contribution is 2.40. The van der Waals surface area contributed by atoms with Gasteiger partial charge in [-0.1, -0.05) is 0 Å². The van der Waals surface area contributed by atoms with Gasteiger partial charge < -0.3 is 26.2 Å². The molecule has 0 amide bonds. The quantitative estimate of drug-likeness (QED) is 0.379. The van der Waals surface area contributed by atoms with Gasteiger partial charge in [-0.25, -0.2) is 18.7 Å². The Morgan fingerprint density at radius 1 is 1.34 bits per heavy atom. The van der Waals surface area contributed by atoms with Gasteiger partial charge in [0, 0.05) is 42.1 Å². The first-order valence-electron chi connectivity index (χ1n) is 9.37. The number of ether oxygens (including phenoxy) is 1. The Morgan fingerprint density at radius 3 is 2.86 bits per heavy atom. The molecule has 1 aromatic carbocycles. The zero-order chi connectivity index (χ0) is 20.8. The summed E-state index contributed by atoms with van der Waals surface area (Å²) in [7, 11) is 0. The molecule has 2 aromatic heterocycles. The maximum atomic E-state index is 14.1. The Bertz CT molecular complexity index is 1090. The number of nitrogen functional groups attached to an aromatic ring is 1. The van der Waals surface area contributed by atoms with Crippen LogP contribution in [0.4, 0.5) is 26.0 Å². The van der Waals surface area contributed by atoms with Crippen molar-refractivity contribution in [2.24, 2.45) is 0 Å². The lowest BCUT2D eigenvalue weighted by Crippen LogP contribution is -2.25. The SMILES string of the molecule is CC(C)Oc1cc(N)c(C=N)cc1Nc1ncnc2[nH]c3c(c12)CC(F)(F)CC3. The van der Waals surface area contributed by atoms with E-state index >= 15 is 0 Å². The number of hydrogen-bond donors (Lipinski definition) is 4. The van der Waals surface area contributed by atoms with Crippen LogP contribution in [0.3, 0.4) is 0 Å². The van der Waals surface area contributed by atoms with Crippen molar-refractivity contribution in [1.82, 2.24) is 15.0 Å². The summed E-state index contributed by atoms with van der Waals surface area (Å²) in [6, 6.07) is 3.32. The van der Waals surface area contributed by atoms with Gasteiger partial charge in [-0.15, -0.1) is 0 Å². The summed E-state index contributed by atoms with van der Waals surface area (Å²) < 4.78 is 34.0. The molecule has 9 heteroatoms. The molecule has 0 unspecified atom stereocenters. The molecular weight excluding hydrogens is 378 g/mol. The molecule has 5 N–H and O–H groups in total. The Labute approximate surface area is 166 Å². The van der Waals surface area contributed by atoms with Crippen LogP contribution in [0.2, 0.25) is 0 Å². The van der Waals surface area contributed by atoms with Crippen molar-refractivity contribution in [3.8, 4) is 5.75 Å². The van der Waals surface area contributed by atoms with Crippen LogP contribution in [0.5, 0.6) is 5.75 Å². The smallest absolute Gasteiger partial charge is 0.252 e. The second kappa shape index (κ2) is 6.98. The zero-order valence-corrected chi connectivity index (χ0v) is 16.1. The monoisotopic (exact) mass is 400 g/mol. The highest BCUT2D eigenvalue weighted by molar-refractivity contribution is 5.95. The van der Waals surface area contributed by atoms with Crippen LogP contribution in [0.25, 0.3) is 11.0 Å². The fraction of sp³-hybridized carbons (Fsp3) is 0.350. The molecule has 0 saturated heterocycles. The molecule has 2 heterocycles. The number of nitrogens with two attached hydrogens (primary N) is 1. The van der Waals surface area contributed by atoms with Crippen molar-refractivity contribution in [1.29, 1.82) is 5.41 Å². The highest BCUT2D eigenvalue weighted by atomic mass is 19.3. The van der Waals surface area contributed by atoms with Gasteiger partial charge in [0.15, 0.2) is 0 Å². The lowest BCUT2D eigenvalue weighted by Gasteiger charge is -2.22. The number of hydrogen-bond acceptors (Lipinski definition) is 6. The molecule has 1 aliphatic rings. The number of benzene rings is 1. The number of anilines is 3. The summed E-state index contributed by atoms with van der Waals surface area (Å²) in [5, 5.41) is 11.3. The normalized spacial score (nSPS) is 15.3. The van der Waals surface area contributed by atoms with E-state index in [0.717, 1.165) is 11.9 Å². The lowest BCUT2D eigenvalue weighted by atomic mass is 9.93. The van der Waals surface area contributed by atoms with Gasteiger partial charge in [0.2, 0.25) is 0 Å². The third kappa shape index (κ3) is 3.59. The molecule has 1 aliphatic carbocycles. The minimum Gasteiger partial charge on any atom is -0.489 e. The summed E-state index contributed by atoms with van der Waals surface area (Å²) in [6.07, 6.45) is 2.14. The Hall–Kier alpha value is -3.23. The van der Waals surface area contributed by atoms with Gasteiger partial charge in [-0.3, -0.25) is 0 Å². The number of nitrogens with one attached hydrogen (secondary N) is 3. The summed E-state index contributed by atoms with van der Waals surface area (Å²) in [6.45, 7) is 3.77. The van der Waals surface area contributed by atoms with Gasteiger partial charge in [0.25, 0.3) is 5.92 Å². The van der Waals surface area contributed by atoms with E-state index in [1.165, 1.54) is 6.33 Å². The van der Waals surface area contributed by atoms with E-state index in [4.69, 9.17) is 15.9 Å². The van der Waals surface area contributed by atoms with Crippen molar-refractivity contribution in [2.75, 3.05) is 11.1 Å². The van der Waals surface area contributed by atoms with Gasteiger partial charge in [-0.2, -0.15) is 0 Å². The molecule has 0 saturated carbocycles. The standard InChI is InChI=1S/C20H22F2N6O/c1-10(2)29-16-6-13(24)11(8-23)5-15(16)28-19-17-12-7-20(21,22)4-3-14(12)27-18(17)25-9-26-19/h5-6,8-10,23H,3-4,7,24H2,1-2H3,(H2,25,26,27,28). The second-order valence-corrected chi connectivity index (χ2v) is 7.47. The van der Waals surface area contributed by atoms with Crippen LogP contribution in [0, 0.1) is 5.41 Å². The molecule has 0 spiro atoms. The molecule has 0 radical (unpaired) electrons. The number of halogens is 2. The number of nitrogens with zero attached hydrogens (tertiary/aromatic N) is 2. The topological polar surface area (TPSA) is 113 Å². The fourth-order valence-electron chi connectivity index (χ4n) is 3.61. The Balaban J connectivity index is 1.83. The van der Waals surface area contributed by atoms with Crippen molar-refractivity contribution >= 4 is 34.4 Å². The number of rotatable bonds is 5. The largest absolute Gasteiger partial charge is 0.489 e. The van der Waals surface area contributed by atoms with Crippen LogP contribution in [0.1, 0.15) is 37.1 Å². The molecule has 152 valence electrons. The van der Waals surface area contributed by atoms with Crippen molar-refractivity contribution < 1.29 is 13.5 Å². The van der Waals surface area contributed by atoms with Crippen LogP contribution in [0.15, 0.2) is 18.5 Å². The molecule has 7 nitrogen and oxygen atoms in total. The number of alkyl halides is 2. The third-order valence-electron chi connectivity index (χ3n) is 4.92. The van der Waals surface area contributed by atoms with Crippen molar-refractivity contribution in [2.45, 2.75) is 45.1 Å². The first-order valence-corrected chi connectivity index (χ1v) is 9.37. The predicted octanol–water partition coefficient (Wildman–Crippen LogP) is 4.19. The van der Waals surface area contributed by atoms with Crippen LogP contribution in [-0.2, 0) is 12.8 Å². The Morgan fingerprint density at radius 2 is 2.14 bits per heavy atom. The zero-order valence-electron chi connectivity index (χ0n) is 16.1. The number of aromatic amines is 1. The molecule has 3 aromatic rings. The number of H-pyrrole nitrogens is 1. The minimum atomic E-state index is -2.75. The Kier molecular flexibility index (Phi) is 4.60. The number of fused-ring (bicyclic) bond motifs is 3. The van der Waals surface area contributed by atoms with Crippen LogP contribution >= 0.6 is 0 Å². The van der Waals surface area contributed by atoms with Gasteiger partial charge in [0.05, 0.1) is 17.2 Å². The summed E-state index contributed by atoms with van der Waals surface area (Å²) in [5.74, 6) is -1.86. The summed E-state index contributed by atoms with van der Waals surface area (Å²) in [5.41, 5.74) is 9.28. The lowest BCUT2D eigenvalue weighted by molar-refractivity contribution is -0.0121. The summed E-state index contributed by atoms with van der Waals surface area (Å²) >= 11 is 0. The summed E-state index contributed by atoms with van der Waals surface area (Å²) in [4.78, 5) is 11.7. The maximum absolute atomic E-state index is 14.1. The van der Waals surface area contributed by atoms with E-state index < -0.39 is 5.92 Å². The molecule has 0 bridgehead atoms. The molecule has 0 fully saturated rings. The van der Waals surface area contributed by atoms with E-state index in [9.17, 15) is 8.78 Å². The number of aromatic nitrogens is 3. The maximum Gasteiger partial charge on any atom is 0.252 e. The van der Waals surface area contributed by atoms with Gasteiger partial charge in [0.1, 0.15) is 23.5 Å². The predicted molar refractivity (Wildman–Crippen MR) is 109 cm³/mol. The van der Waals surface area contributed by atoms with E-state index in [-0.39, 0.29) is 25.4 Å². The first kappa shape index (κ1) is 19.1. The van der Waals surface area contributed by atoms with Gasteiger partial charge in [-0.05, 0) is 31.9 Å². The second-order valence-electron chi connectivity index (χ2n) is 7.47. The van der Waals surface area contributed by atoms with E-state index in [1.807, 2.05) is 13.8 Å². The van der Waals surface area contributed by atoms with E-state index in [1.54, 1.807) is 12.1 Å².